The molecule has 1 amide bonds. The number of para-hydroxylation sites is 1. The molecule has 4 rings (SSSR count). The minimum absolute atomic E-state index is 0.0828. The van der Waals surface area contributed by atoms with E-state index >= 15 is 0 Å². The van der Waals surface area contributed by atoms with Gasteiger partial charge in [-0.25, -0.2) is 4.98 Å². The Bertz CT molecular complexity index is 966. The second-order valence-corrected chi connectivity index (χ2v) is 7.30. The summed E-state index contributed by atoms with van der Waals surface area (Å²) >= 11 is 0. The lowest BCUT2D eigenvalue weighted by Gasteiger charge is -2.37. The molecule has 1 aliphatic heterocycles. The quantitative estimate of drug-likeness (QED) is 0.687. The van der Waals surface area contributed by atoms with Gasteiger partial charge in [0.05, 0.1) is 0 Å². The van der Waals surface area contributed by atoms with E-state index in [1.165, 1.54) is 16.8 Å². The highest BCUT2D eigenvalue weighted by molar-refractivity contribution is 5.97. The summed E-state index contributed by atoms with van der Waals surface area (Å²) in [6.45, 7) is 9.02. The SMILES string of the molecule is Cc1nc(-c2ccccc2)c(C(=O)N2CCN(c3c(C)cccc3C)CC2)o1. The van der Waals surface area contributed by atoms with Crippen molar-refractivity contribution in [3.05, 3.63) is 71.3 Å². The van der Waals surface area contributed by atoms with Gasteiger partial charge in [-0.1, -0.05) is 48.5 Å². The average molecular weight is 375 g/mol. The normalized spacial score (nSPS) is 14.4. The van der Waals surface area contributed by atoms with Crippen LogP contribution in [0, 0.1) is 20.8 Å². The molecule has 0 aliphatic carbocycles. The van der Waals surface area contributed by atoms with E-state index in [1.54, 1.807) is 6.92 Å². The molecule has 0 bridgehead atoms. The van der Waals surface area contributed by atoms with E-state index in [0.717, 1.165) is 18.7 Å². The summed E-state index contributed by atoms with van der Waals surface area (Å²) in [5.41, 5.74) is 5.36. The van der Waals surface area contributed by atoms with Gasteiger partial charge in [-0.15, -0.1) is 0 Å². The summed E-state index contributed by atoms with van der Waals surface area (Å²) in [6, 6.07) is 16.1. The Hall–Kier alpha value is -3.08. The molecule has 3 aromatic rings. The molecule has 2 aromatic carbocycles. The first-order valence-electron chi connectivity index (χ1n) is 9.68. The third-order valence-corrected chi connectivity index (χ3v) is 5.30. The Labute approximate surface area is 165 Å². The van der Waals surface area contributed by atoms with Gasteiger partial charge in [-0.2, -0.15) is 0 Å². The third-order valence-electron chi connectivity index (χ3n) is 5.30. The molecule has 5 heteroatoms. The summed E-state index contributed by atoms with van der Waals surface area (Å²) in [5.74, 6) is 0.765. The van der Waals surface area contributed by atoms with Crippen LogP contribution < -0.4 is 4.90 Å². The van der Waals surface area contributed by atoms with E-state index in [9.17, 15) is 4.79 Å². The highest BCUT2D eigenvalue weighted by Crippen LogP contribution is 2.28. The first-order valence-corrected chi connectivity index (χ1v) is 9.68. The average Bonchev–Trinajstić information content (AvgIpc) is 3.10. The van der Waals surface area contributed by atoms with Gasteiger partial charge in [0.25, 0.3) is 5.91 Å². The van der Waals surface area contributed by atoms with Crippen molar-refractivity contribution in [1.29, 1.82) is 0 Å². The standard InChI is InChI=1S/C23H25N3O2/c1-16-8-7-9-17(2)21(16)25-12-14-26(15-13-25)23(27)22-20(24-18(3)28-22)19-10-5-4-6-11-19/h4-11H,12-15H2,1-3H3. The second kappa shape index (κ2) is 7.50. The number of amides is 1. The van der Waals surface area contributed by atoms with Crippen LogP contribution in [-0.4, -0.2) is 42.0 Å². The molecule has 0 atom stereocenters. The molecular weight excluding hydrogens is 350 g/mol. The van der Waals surface area contributed by atoms with Gasteiger partial charge in [0.1, 0.15) is 5.69 Å². The molecule has 0 N–H and O–H groups in total. The smallest absolute Gasteiger partial charge is 0.292 e. The zero-order valence-electron chi connectivity index (χ0n) is 16.6. The molecule has 1 fully saturated rings. The fourth-order valence-electron chi connectivity index (χ4n) is 3.94. The zero-order valence-corrected chi connectivity index (χ0v) is 16.6. The van der Waals surface area contributed by atoms with Crippen LogP contribution >= 0.6 is 0 Å². The lowest BCUT2D eigenvalue weighted by atomic mass is 10.1. The van der Waals surface area contributed by atoms with Gasteiger partial charge in [0, 0.05) is 44.4 Å². The summed E-state index contributed by atoms with van der Waals surface area (Å²) in [4.78, 5) is 21.9. The van der Waals surface area contributed by atoms with Crippen LogP contribution in [0.1, 0.15) is 27.6 Å². The molecule has 0 saturated carbocycles. The van der Waals surface area contributed by atoms with E-state index < -0.39 is 0 Å². The van der Waals surface area contributed by atoms with Gasteiger partial charge in [0.2, 0.25) is 5.76 Å². The van der Waals surface area contributed by atoms with Crippen molar-refractivity contribution < 1.29 is 9.21 Å². The number of oxazole rings is 1. The van der Waals surface area contributed by atoms with Gasteiger partial charge in [-0.05, 0) is 25.0 Å². The number of hydrogen-bond acceptors (Lipinski definition) is 4. The molecule has 2 heterocycles. The Kier molecular flexibility index (Phi) is 4.90. The van der Waals surface area contributed by atoms with Crippen molar-refractivity contribution in [2.24, 2.45) is 0 Å². The highest BCUT2D eigenvalue weighted by atomic mass is 16.4. The van der Waals surface area contributed by atoms with Gasteiger partial charge >= 0.3 is 0 Å². The summed E-state index contributed by atoms with van der Waals surface area (Å²) in [7, 11) is 0. The minimum atomic E-state index is -0.0828. The first-order chi connectivity index (χ1) is 13.5. The van der Waals surface area contributed by atoms with Gasteiger partial charge in [0.15, 0.2) is 5.89 Å². The largest absolute Gasteiger partial charge is 0.435 e. The molecule has 144 valence electrons. The third kappa shape index (κ3) is 3.40. The van der Waals surface area contributed by atoms with Crippen LogP contribution in [0.3, 0.4) is 0 Å². The number of anilines is 1. The van der Waals surface area contributed by atoms with Gasteiger partial charge in [-0.3, -0.25) is 4.79 Å². The lowest BCUT2D eigenvalue weighted by Crippen LogP contribution is -2.49. The summed E-state index contributed by atoms with van der Waals surface area (Å²) < 4.78 is 5.72. The Morgan fingerprint density at radius 3 is 2.18 bits per heavy atom. The molecule has 1 saturated heterocycles. The van der Waals surface area contributed by atoms with Crippen molar-refractivity contribution in [3.63, 3.8) is 0 Å². The van der Waals surface area contributed by atoms with E-state index in [-0.39, 0.29) is 5.91 Å². The van der Waals surface area contributed by atoms with E-state index in [4.69, 9.17) is 4.42 Å². The van der Waals surface area contributed by atoms with E-state index in [1.807, 2.05) is 35.2 Å². The number of benzene rings is 2. The second-order valence-electron chi connectivity index (χ2n) is 7.30. The molecule has 1 aromatic heterocycles. The Morgan fingerprint density at radius 2 is 1.54 bits per heavy atom. The van der Waals surface area contributed by atoms with E-state index in [2.05, 4.69) is 41.9 Å². The minimum Gasteiger partial charge on any atom is -0.435 e. The monoisotopic (exact) mass is 375 g/mol. The van der Waals surface area contributed by atoms with E-state index in [0.29, 0.717) is 30.4 Å². The van der Waals surface area contributed by atoms with Crippen LogP contribution in [-0.2, 0) is 0 Å². The molecular formula is C23H25N3O2. The summed E-state index contributed by atoms with van der Waals surface area (Å²) in [6.07, 6.45) is 0. The molecule has 1 aliphatic rings. The lowest BCUT2D eigenvalue weighted by molar-refractivity contribution is 0.0714. The Morgan fingerprint density at radius 1 is 0.893 bits per heavy atom. The van der Waals surface area contributed by atoms with Crippen LogP contribution in [0.4, 0.5) is 5.69 Å². The van der Waals surface area contributed by atoms with Crippen molar-refractivity contribution in [2.45, 2.75) is 20.8 Å². The van der Waals surface area contributed by atoms with Crippen molar-refractivity contribution >= 4 is 11.6 Å². The number of carbonyl (C=O) groups excluding carboxylic acids is 1. The van der Waals surface area contributed by atoms with Crippen molar-refractivity contribution in [3.8, 4) is 11.3 Å². The highest BCUT2D eigenvalue weighted by Gasteiger charge is 2.28. The fraction of sp³-hybridized carbons (Fsp3) is 0.304. The number of aryl methyl sites for hydroxylation is 3. The number of rotatable bonds is 3. The fourth-order valence-corrected chi connectivity index (χ4v) is 3.94. The molecule has 0 radical (unpaired) electrons. The number of carbonyl (C=O) groups is 1. The predicted molar refractivity (Wildman–Crippen MR) is 111 cm³/mol. The van der Waals surface area contributed by atoms with Crippen LogP contribution in [0.2, 0.25) is 0 Å². The van der Waals surface area contributed by atoms with Crippen molar-refractivity contribution in [2.75, 3.05) is 31.1 Å². The topological polar surface area (TPSA) is 49.6 Å². The maximum absolute atomic E-state index is 13.2. The maximum Gasteiger partial charge on any atom is 0.292 e. The number of hydrogen-bond donors (Lipinski definition) is 0. The number of aromatic nitrogens is 1. The van der Waals surface area contributed by atoms with Crippen molar-refractivity contribution in [1.82, 2.24) is 9.88 Å². The zero-order chi connectivity index (χ0) is 19.7. The van der Waals surface area contributed by atoms with Gasteiger partial charge < -0.3 is 14.2 Å². The summed E-state index contributed by atoms with van der Waals surface area (Å²) in [5, 5.41) is 0. The predicted octanol–water partition coefficient (Wildman–Crippen LogP) is 4.23. The molecule has 0 spiro atoms. The van der Waals surface area contributed by atoms with Crippen LogP contribution in [0.5, 0.6) is 0 Å². The first kappa shape index (κ1) is 18.3. The molecule has 0 unspecified atom stereocenters. The number of nitrogens with zero attached hydrogens (tertiary/aromatic N) is 3. The maximum atomic E-state index is 13.2. The van der Waals surface area contributed by atoms with Crippen LogP contribution in [0.25, 0.3) is 11.3 Å². The Balaban J connectivity index is 1.53. The molecule has 28 heavy (non-hydrogen) atoms. The van der Waals surface area contributed by atoms with Crippen LogP contribution in [0.15, 0.2) is 52.9 Å². The number of piperazine rings is 1. The molecule has 5 nitrogen and oxygen atoms in total.